The van der Waals surface area contributed by atoms with Crippen LogP contribution in [0, 0.1) is 0 Å². The Bertz CT molecular complexity index is 533. The number of nitrogens with zero attached hydrogens (tertiary/aromatic N) is 2. The highest BCUT2D eigenvalue weighted by atomic mass is 32.2. The monoisotopic (exact) mass is 285 g/mol. The number of sulfonamides is 1. The van der Waals surface area contributed by atoms with Gasteiger partial charge in [-0.2, -0.15) is 4.31 Å². The summed E-state index contributed by atoms with van der Waals surface area (Å²) in [6.07, 6.45) is 2.13. The number of hydrogen-bond donors (Lipinski definition) is 1. The summed E-state index contributed by atoms with van der Waals surface area (Å²) in [6, 6.07) is 3.07. The van der Waals surface area contributed by atoms with Gasteiger partial charge in [0, 0.05) is 39.0 Å². The normalized spacial score (nSPS) is 21.9. The zero-order valence-electron chi connectivity index (χ0n) is 11.2. The largest absolute Gasteiger partial charge is 0.377 e. The third kappa shape index (κ3) is 3.23. The highest BCUT2D eigenvalue weighted by Crippen LogP contribution is 2.20. The molecule has 1 aromatic rings. The molecule has 0 saturated carbocycles. The molecule has 2 rings (SSSR count). The number of anilines is 1. The molecule has 106 valence electrons. The molecule has 1 fully saturated rings. The van der Waals surface area contributed by atoms with Crippen LogP contribution in [-0.4, -0.2) is 50.6 Å². The van der Waals surface area contributed by atoms with E-state index >= 15 is 0 Å². The molecule has 2 heterocycles. The van der Waals surface area contributed by atoms with Gasteiger partial charge in [0.05, 0.1) is 11.0 Å². The molecule has 1 N–H and O–H groups in total. The van der Waals surface area contributed by atoms with Gasteiger partial charge in [-0.05, 0) is 19.4 Å². The fourth-order valence-corrected chi connectivity index (χ4v) is 3.60. The zero-order chi connectivity index (χ0) is 13.9. The Kier molecular flexibility index (Phi) is 4.38. The van der Waals surface area contributed by atoms with Crippen molar-refractivity contribution in [3.63, 3.8) is 0 Å². The molecule has 0 aromatic carbocycles. The van der Waals surface area contributed by atoms with E-state index in [0.29, 0.717) is 31.9 Å². The number of aromatic nitrogens is 1. The Hall–Kier alpha value is -1.18. The maximum Gasteiger partial charge on any atom is 0.243 e. The van der Waals surface area contributed by atoms with Crippen LogP contribution in [0.1, 0.15) is 13.3 Å². The van der Waals surface area contributed by atoms with Crippen molar-refractivity contribution >= 4 is 15.8 Å². The van der Waals surface area contributed by atoms with E-state index in [4.69, 9.17) is 4.74 Å². The van der Waals surface area contributed by atoms with Crippen LogP contribution < -0.4 is 5.32 Å². The topological polar surface area (TPSA) is 71.5 Å². The molecule has 1 unspecified atom stereocenters. The van der Waals surface area contributed by atoms with Crippen molar-refractivity contribution in [1.29, 1.82) is 0 Å². The SMILES string of the molecule is CNc1cc(S(=O)(=O)N2CCCOC(C)C2)ccn1. The lowest BCUT2D eigenvalue weighted by atomic mass is 10.4. The first kappa shape index (κ1) is 14.2. The van der Waals surface area contributed by atoms with Crippen LogP contribution in [0.15, 0.2) is 23.2 Å². The lowest BCUT2D eigenvalue weighted by Crippen LogP contribution is -2.35. The fraction of sp³-hybridized carbons (Fsp3) is 0.583. The van der Waals surface area contributed by atoms with Gasteiger partial charge in [0.1, 0.15) is 5.82 Å². The molecule has 6 nitrogen and oxygen atoms in total. The molecule has 1 atom stereocenters. The van der Waals surface area contributed by atoms with E-state index in [-0.39, 0.29) is 11.0 Å². The summed E-state index contributed by atoms with van der Waals surface area (Å²) in [6.45, 7) is 3.37. The number of rotatable bonds is 3. The summed E-state index contributed by atoms with van der Waals surface area (Å²) < 4.78 is 32.1. The van der Waals surface area contributed by atoms with Crippen LogP contribution >= 0.6 is 0 Å². The maximum absolute atomic E-state index is 12.6. The zero-order valence-corrected chi connectivity index (χ0v) is 12.0. The molecule has 1 aromatic heterocycles. The molecule has 0 aliphatic carbocycles. The molecule has 0 radical (unpaired) electrons. The standard InChI is InChI=1S/C12H19N3O3S/c1-10-9-15(6-3-7-18-10)19(16,17)11-4-5-14-12(8-11)13-2/h4-5,8,10H,3,6-7,9H2,1-2H3,(H,13,14). The third-order valence-corrected chi connectivity index (χ3v) is 4.90. The van der Waals surface area contributed by atoms with E-state index in [1.54, 1.807) is 13.1 Å². The van der Waals surface area contributed by atoms with Crippen molar-refractivity contribution in [2.24, 2.45) is 0 Å². The van der Waals surface area contributed by atoms with Crippen molar-refractivity contribution in [3.8, 4) is 0 Å². The summed E-state index contributed by atoms with van der Waals surface area (Å²) in [5, 5.41) is 2.84. The Morgan fingerprint density at radius 3 is 3.05 bits per heavy atom. The van der Waals surface area contributed by atoms with Crippen LogP contribution in [0.3, 0.4) is 0 Å². The average Bonchev–Trinajstić information content (AvgIpc) is 2.64. The van der Waals surface area contributed by atoms with Gasteiger partial charge < -0.3 is 10.1 Å². The highest BCUT2D eigenvalue weighted by molar-refractivity contribution is 7.89. The molecular formula is C12H19N3O3S. The molecule has 19 heavy (non-hydrogen) atoms. The Morgan fingerprint density at radius 2 is 2.32 bits per heavy atom. The Morgan fingerprint density at radius 1 is 1.53 bits per heavy atom. The van der Waals surface area contributed by atoms with E-state index in [2.05, 4.69) is 10.3 Å². The minimum absolute atomic E-state index is 0.0807. The molecule has 0 amide bonds. The molecule has 1 aliphatic rings. The number of nitrogens with one attached hydrogen (secondary N) is 1. The van der Waals surface area contributed by atoms with Crippen LogP contribution in [0.5, 0.6) is 0 Å². The van der Waals surface area contributed by atoms with Gasteiger partial charge in [0.2, 0.25) is 10.0 Å². The summed E-state index contributed by atoms with van der Waals surface area (Å²) in [7, 11) is -1.77. The van der Waals surface area contributed by atoms with Gasteiger partial charge in [0.15, 0.2) is 0 Å². The van der Waals surface area contributed by atoms with Crippen LogP contribution in [0.25, 0.3) is 0 Å². The van der Waals surface area contributed by atoms with Crippen molar-refractivity contribution < 1.29 is 13.2 Å². The van der Waals surface area contributed by atoms with Gasteiger partial charge in [-0.15, -0.1) is 0 Å². The lowest BCUT2D eigenvalue weighted by molar-refractivity contribution is 0.0752. The summed E-state index contributed by atoms with van der Waals surface area (Å²) >= 11 is 0. The maximum atomic E-state index is 12.6. The Labute approximate surface area is 113 Å². The quantitative estimate of drug-likeness (QED) is 0.894. The van der Waals surface area contributed by atoms with Gasteiger partial charge in [-0.3, -0.25) is 0 Å². The number of ether oxygens (including phenoxy) is 1. The predicted molar refractivity (Wildman–Crippen MR) is 72.6 cm³/mol. The number of hydrogen-bond acceptors (Lipinski definition) is 5. The molecular weight excluding hydrogens is 266 g/mol. The van der Waals surface area contributed by atoms with Crippen molar-refractivity contribution in [3.05, 3.63) is 18.3 Å². The van der Waals surface area contributed by atoms with Gasteiger partial charge in [-0.25, -0.2) is 13.4 Å². The molecule has 7 heteroatoms. The second kappa shape index (κ2) is 5.85. The predicted octanol–water partition coefficient (Wildman–Crippen LogP) is 0.923. The van der Waals surface area contributed by atoms with E-state index in [9.17, 15) is 8.42 Å². The van der Waals surface area contributed by atoms with E-state index in [1.165, 1.54) is 16.6 Å². The summed E-state index contributed by atoms with van der Waals surface area (Å²) in [5.41, 5.74) is 0. The van der Waals surface area contributed by atoms with Gasteiger partial charge in [0.25, 0.3) is 0 Å². The van der Waals surface area contributed by atoms with E-state index in [0.717, 1.165) is 0 Å². The second-order valence-electron chi connectivity index (χ2n) is 4.52. The van der Waals surface area contributed by atoms with Crippen molar-refractivity contribution in [2.45, 2.75) is 24.3 Å². The first-order chi connectivity index (χ1) is 9.04. The third-order valence-electron chi connectivity index (χ3n) is 3.04. The van der Waals surface area contributed by atoms with Crippen LogP contribution in [0.2, 0.25) is 0 Å². The van der Waals surface area contributed by atoms with Gasteiger partial charge >= 0.3 is 0 Å². The summed E-state index contributed by atoms with van der Waals surface area (Å²) in [5.74, 6) is 0.542. The second-order valence-corrected chi connectivity index (χ2v) is 6.46. The first-order valence-electron chi connectivity index (χ1n) is 6.29. The number of pyridine rings is 1. The smallest absolute Gasteiger partial charge is 0.243 e. The average molecular weight is 285 g/mol. The van der Waals surface area contributed by atoms with Crippen molar-refractivity contribution in [2.75, 3.05) is 32.1 Å². The highest BCUT2D eigenvalue weighted by Gasteiger charge is 2.28. The molecule has 1 aliphatic heterocycles. The minimum atomic E-state index is -3.48. The van der Waals surface area contributed by atoms with Crippen LogP contribution in [-0.2, 0) is 14.8 Å². The van der Waals surface area contributed by atoms with Crippen molar-refractivity contribution in [1.82, 2.24) is 9.29 Å². The van der Waals surface area contributed by atoms with E-state index < -0.39 is 10.0 Å². The van der Waals surface area contributed by atoms with E-state index in [1.807, 2.05) is 6.92 Å². The Balaban J connectivity index is 2.29. The van der Waals surface area contributed by atoms with Crippen LogP contribution in [0.4, 0.5) is 5.82 Å². The fourth-order valence-electron chi connectivity index (χ4n) is 2.03. The first-order valence-corrected chi connectivity index (χ1v) is 7.73. The summed E-state index contributed by atoms with van der Waals surface area (Å²) in [4.78, 5) is 4.30. The molecule has 1 saturated heterocycles. The van der Waals surface area contributed by atoms with Gasteiger partial charge in [-0.1, -0.05) is 0 Å². The lowest BCUT2D eigenvalue weighted by Gasteiger charge is -2.21. The minimum Gasteiger partial charge on any atom is -0.377 e. The molecule has 0 bridgehead atoms. The molecule has 0 spiro atoms.